The van der Waals surface area contributed by atoms with E-state index in [4.69, 9.17) is 19.4 Å². The lowest BCUT2D eigenvalue weighted by Gasteiger charge is -2.32. The third-order valence-corrected chi connectivity index (χ3v) is 3.41. The van der Waals surface area contributed by atoms with Crippen LogP contribution in [0.25, 0.3) is 0 Å². The van der Waals surface area contributed by atoms with Crippen LogP contribution in [0.5, 0.6) is 0 Å². The molecule has 1 heterocycles. The maximum Gasteiger partial charge on any atom is 0.460 e. The first-order valence-corrected chi connectivity index (χ1v) is 6.62. The van der Waals surface area contributed by atoms with Crippen LogP contribution in [0.15, 0.2) is 0 Å². The Kier molecular flexibility index (Phi) is 11.3. The molecule has 6 heteroatoms. The van der Waals surface area contributed by atoms with Gasteiger partial charge in [-0.25, -0.2) is 0 Å². The lowest BCUT2D eigenvalue weighted by Crippen LogP contribution is -2.41. The van der Waals surface area contributed by atoms with E-state index in [1.54, 1.807) is 13.8 Å². The summed E-state index contributed by atoms with van der Waals surface area (Å²) in [4.78, 5) is 0. The standard InChI is InChI=1S/C9H19BO2.C3H9BO2.2CH4/c1-7(2)10-11-8(3,4)9(5,6)12-10;1-3(2)4(5)6;;/h7H,1-6H3;3,5-6H,1-2H3;2*1H4. The van der Waals surface area contributed by atoms with Crippen LogP contribution in [0.3, 0.4) is 0 Å². The number of hydrogen-bond acceptors (Lipinski definition) is 4. The van der Waals surface area contributed by atoms with Crippen LogP contribution in [0.2, 0.25) is 11.6 Å². The van der Waals surface area contributed by atoms with Gasteiger partial charge in [0.15, 0.2) is 0 Å². The first-order valence-electron chi connectivity index (χ1n) is 6.62. The smallest absolute Gasteiger partial charge is 0.427 e. The van der Waals surface area contributed by atoms with Gasteiger partial charge in [-0.2, -0.15) is 0 Å². The monoisotopic (exact) mass is 290 g/mol. The Hall–Kier alpha value is -0.0301. The fourth-order valence-electron chi connectivity index (χ4n) is 1.16. The van der Waals surface area contributed by atoms with E-state index in [0.29, 0.717) is 5.82 Å². The fraction of sp³-hybridized carbons (Fsp3) is 1.00. The van der Waals surface area contributed by atoms with E-state index in [9.17, 15) is 0 Å². The van der Waals surface area contributed by atoms with Gasteiger partial charge in [-0.15, -0.1) is 0 Å². The summed E-state index contributed by atoms with van der Waals surface area (Å²) in [6.07, 6.45) is 0. The van der Waals surface area contributed by atoms with Crippen LogP contribution in [-0.4, -0.2) is 35.5 Å². The minimum atomic E-state index is -1.15. The van der Waals surface area contributed by atoms with Crippen LogP contribution >= 0.6 is 0 Å². The minimum absolute atomic E-state index is 0. The lowest BCUT2D eigenvalue weighted by atomic mass is 9.75. The Bertz CT molecular complexity index is 232. The van der Waals surface area contributed by atoms with Gasteiger partial charge >= 0.3 is 14.2 Å². The third-order valence-electron chi connectivity index (χ3n) is 3.41. The highest BCUT2D eigenvalue weighted by Gasteiger charge is 2.51. The van der Waals surface area contributed by atoms with Crippen molar-refractivity contribution in [3.8, 4) is 0 Å². The van der Waals surface area contributed by atoms with Crippen molar-refractivity contribution in [3.63, 3.8) is 0 Å². The third kappa shape index (κ3) is 7.11. The largest absolute Gasteiger partial charge is 0.460 e. The molecule has 0 atom stereocenters. The second-order valence-electron chi connectivity index (χ2n) is 6.53. The van der Waals surface area contributed by atoms with Crippen molar-refractivity contribution >= 4 is 14.2 Å². The van der Waals surface area contributed by atoms with E-state index in [-0.39, 0.29) is 39.0 Å². The highest BCUT2D eigenvalue weighted by atomic mass is 16.7. The molecule has 1 rings (SSSR count). The fourth-order valence-corrected chi connectivity index (χ4v) is 1.16. The summed E-state index contributed by atoms with van der Waals surface area (Å²) in [7, 11) is -1.19. The van der Waals surface area contributed by atoms with Gasteiger partial charge < -0.3 is 19.4 Å². The molecule has 122 valence electrons. The Morgan fingerprint density at radius 1 is 0.850 bits per heavy atom. The van der Waals surface area contributed by atoms with Crippen molar-refractivity contribution in [2.45, 2.75) is 93.1 Å². The van der Waals surface area contributed by atoms with E-state index in [0.717, 1.165) is 0 Å². The van der Waals surface area contributed by atoms with Gasteiger partial charge in [-0.3, -0.25) is 0 Å². The highest BCUT2D eigenvalue weighted by molar-refractivity contribution is 6.47. The van der Waals surface area contributed by atoms with Gasteiger partial charge in [0.2, 0.25) is 0 Å². The van der Waals surface area contributed by atoms with Crippen LogP contribution < -0.4 is 0 Å². The van der Waals surface area contributed by atoms with Crippen molar-refractivity contribution in [2.24, 2.45) is 0 Å². The molecule has 2 N–H and O–H groups in total. The summed E-state index contributed by atoms with van der Waals surface area (Å²) in [5.41, 5.74) is -0.357. The predicted molar refractivity (Wildman–Crippen MR) is 89.9 cm³/mol. The van der Waals surface area contributed by atoms with E-state index in [1.165, 1.54) is 0 Å². The molecule has 1 aliphatic heterocycles. The van der Waals surface area contributed by atoms with E-state index in [2.05, 4.69) is 41.5 Å². The van der Waals surface area contributed by atoms with Crippen molar-refractivity contribution in [2.75, 3.05) is 0 Å². The predicted octanol–water partition coefficient (Wildman–Crippen LogP) is 3.63. The van der Waals surface area contributed by atoms with Crippen molar-refractivity contribution in [1.82, 2.24) is 0 Å². The SMILES string of the molecule is C.C.CC(C)B(O)O.CC(C)B1OC(C)(C)C(C)(C)O1. The molecule has 0 aromatic rings. The maximum absolute atomic E-state index is 8.19. The van der Waals surface area contributed by atoms with Gasteiger partial charge in [0.1, 0.15) is 0 Å². The molecular formula is C14H36B2O4. The Morgan fingerprint density at radius 2 is 1.10 bits per heavy atom. The molecule has 0 aromatic heterocycles. The van der Waals surface area contributed by atoms with Gasteiger partial charge in [0.05, 0.1) is 11.2 Å². The molecule has 4 nitrogen and oxygen atoms in total. The molecular weight excluding hydrogens is 254 g/mol. The van der Waals surface area contributed by atoms with Crippen LogP contribution in [0.4, 0.5) is 0 Å². The molecule has 1 saturated heterocycles. The summed E-state index contributed by atoms with van der Waals surface area (Å²) >= 11 is 0. The zero-order valence-electron chi connectivity index (χ0n) is 13.0. The summed E-state index contributed by atoms with van der Waals surface area (Å²) in [5, 5.41) is 16.4. The topological polar surface area (TPSA) is 58.9 Å². The first kappa shape index (κ1) is 25.0. The molecule has 0 bridgehead atoms. The average molecular weight is 290 g/mol. The van der Waals surface area contributed by atoms with E-state index in [1.807, 2.05) is 0 Å². The molecule has 1 fully saturated rings. The molecule has 0 amide bonds. The van der Waals surface area contributed by atoms with Gasteiger partial charge in [-0.1, -0.05) is 42.5 Å². The van der Waals surface area contributed by atoms with E-state index >= 15 is 0 Å². The van der Waals surface area contributed by atoms with Crippen LogP contribution in [0, 0.1) is 0 Å². The molecule has 0 aromatic carbocycles. The molecule has 0 unspecified atom stereocenters. The molecule has 20 heavy (non-hydrogen) atoms. The minimum Gasteiger partial charge on any atom is -0.427 e. The normalized spacial score (nSPS) is 18.9. The average Bonchev–Trinajstić information content (AvgIpc) is 2.37. The number of rotatable bonds is 2. The van der Waals surface area contributed by atoms with Gasteiger partial charge in [-0.05, 0) is 39.3 Å². The highest BCUT2D eigenvalue weighted by Crippen LogP contribution is 2.39. The first-order chi connectivity index (χ1) is 7.90. The molecule has 0 radical (unpaired) electrons. The van der Waals surface area contributed by atoms with E-state index < -0.39 is 7.12 Å². The molecule has 1 aliphatic rings. The Morgan fingerprint density at radius 3 is 1.20 bits per heavy atom. The Labute approximate surface area is 127 Å². The zero-order valence-corrected chi connectivity index (χ0v) is 13.0. The molecule has 0 saturated carbocycles. The second kappa shape index (κ2) is 9.08. The van der Waals surface area contributed by atoms with Crippen LogP contribution in [0.1, 0.15) is 70.2 Å². The molecule has 0 aliphatic carbocycles. The Balaban J connectivity index is -0.000000316. The van der Waals surface area contributed by atoms with Crippen molar-refractivity contribution < 1.29 is 19.4 Å². The number of hydrogen-bond donors (Lipinski definition) is 2. The zero-order chi connectivity index (χ0) is 14.7. The summed E-state index contributed by atoms with van der Waals surface area (Å²) in [5.74, 6) is 0.385. The maximum atomic E-state index is 8.19. The van der Waals surface area contributed by atoms with Crippen LogP contribution in [-0.2, 0) is 9.31 Å². The summed E-state index contributed by atoms with van der Waals surface area (Å²) < 4.78 is 11.6. The summed E-state index contributed by atoms with van der Waals surface area (Å²) in [6, 6.07) is 0. The van der Waals surface area contributed by atoms with Crippen molar-refractivity contribution in [1.29, 1.82) is 0 Å². The quantitative estimate of drug-likeness (QED) is 0.762. The van der Waals surface area contributed by atoms with Gasteiger partial charge in [0.25, 0.3) is 0 Å². The second-order valence-corrected chi connectivity index (χ2v) is 6.53. The van der Waals surface area contributed by atoms with Gasteiger partial charge in [0, 0.05) is 0 Å². The summed E-state index contributed by atoms with van der Waals surface area (Å²) in [6.45, 7) is 16.0. The lowest BCUT2D eigenvalue weighted by molar-refractivity contribution is 0.00578. The van der Waals surface area contributed by atoms with Crippen molar-refractivity contribution in [3.05, 3.63) is 0 Å². The molecule has 0 spiro atoms.